The molecule has 0 aliphatic heterocycles. The molecular formula is C16H17N3O3. The largest absolute Gasteiger partial charge is 0.495 e. The minimum Gasteiger partial charge on any atom is -0.495 e. The smallest absolute Gasteiger partial charge is 0.318 e. The zero-order valence-corrected chi connectivity index (χ0v) is 12.1. The van der Waals surface area contributed by atoms with Crippen LogP contribution in [-0.2, 0) is 4.79 Å². The molecule has 0 bridgehead atoms. The van der Waals surface area contributed by atoms with Gasteiger partial charge in [-0.15, -0.1) is 0 Å². The van der Waals surface area contributed by atoms with E-state index in [2.05, 4.69) is 10.6 Å². The van der Waals surface area contributed by atoms with E-state index in [1.165, 1.54) is 0 Å². The van der Waals surface area contributed by atoms with E-state index in [1.807, 2.05) is 30.3 Å². The van der Waals surface area contributed by atoms with E-state index in [0.717, 1.165) is 0 Å². The Kier molecular flexibility index (Phi) is 4.98. The Morgan fingerprint density at radius 3 is 2.32 bits per heavy atom. The van der Waals surface area contributed by atoms with E-state index >= 15 is 0 Å². The fourth-order valence-corrected chi connectivity index (χ4v) is 2.06. The van der Waals surface area contributed by atoms with Gasteiger partial charge < -0.3 is 15.8 Å². The molecule has 0 aromatic heterocycles. The van der Waals surface area contributed by atoms with Crippen LogP contribution in [0.25, 0.3) is 0 Å². The van der Waals surface area contributed by atoms with E-state index in [4.69, 9.17) is 10.5 Å². The van der Waals surface area contributed by atoms with Gasteiger partial charge in [-0.25, -0.2) is 4.79 Å². The van der Waals surface area contributed by atoms with E-state index in [1.54, 1.807) is 31.4 Å². The van der Waals surface area contributed by atoms with Crippen LogP contribution in [0.4, 0.5) is 10.5 Å². The summed E-state index contributed by atoms with van der Waals surface area (Å²) in [6.45, 7) is 0. The minimum atomic E-state index is -0.896. The Labute approximate surface area is 128 Å². The van der Waals surface area contributed by atoms with E-state index in [9.17, 15) is 9.59 Å². The fourth-order valence-electron chi connectivity index (χ4n) is 2.06. The van der Waals surface area contributed by atoms with Gasteiger partial charge in [0.2, 0.25) is 0 Å². The Hall–Kier alpha value is -3.02. The number of hydrogen-bond acceptors (Lipinski definition) is 4. The van der Waals surface area contributed by atoms with Crippen molar-refractivity contribution in [2.75, 3.05) is 12.4 Å². The first kappa shape index (κ1) is 15.4. The molecule has 2 rings (SSSR count). The molecule has 1 atom stereocenters. The van der Waals surface area contributed by atoms with Crippen LogP contribution in [0.3, 0.4) is 0 Å². The molecule has 0 fully saturated rings. The van der Waals surface area contributed by atoms with Crippen molar-refractivity contribution in [2.24, 2.45) is 5.73 Å². The number of nitrogens with two attached hydrogens (primary N) is 1. The predicted molar refractivity (Wildman–Crippen MR) is 83.5 cm³/mol. The van der Waals surface area contributed by atoms with Crippen molar-refractivity contribution in [3.63, 3.8) is 0 Å². The Morgan fingerprint density at radius 2 is 1.68 bits per heavy atom. The molecular weight excluding hydrogens is 282 g/mol. The standard InChI is InChI=1S/C16H17N3O3/c1-22-13-10-6-5-9-12(13)18-14(15(20)19-16(17)21)11-7-3-2-4-8-11/h2-10,14,18H,1H3,(H3,17,19,20,21)/t14-/m0/s1. The maximum atomic E-state index is 12.2. The minimum absolute atomic E-state index is 0.537. The maximum absolute atomic E-state index is 12.2. The lowest BCUT2D eigenvalue weighted by Crippen LogP contribution is -2.40. The monoisotopic (exact) mass is 299 g/mol. The van der Waals surface area contributed by atoms with Crippen LogP contribution in [-0.4, -0.2) is 19.0 Å². The molecule has 0 aliphatic rings. The normalized spacial score (nSPS) is 11.3. The summed E-state index contributed by atoms with van der Waals surface area (Å²) in [5.41, 5.74) is 6.37. The Morgan fingerprint density at radius 1 is 1.05 bits per heavy atom. The molecule has 2 aromatic rings. The van der Waals surface area contributed by atoms with Gasteiger partial charge in [0.15, 0.2) is 0 Å². The summed E-state index contributed by atoms with van der Waals surface area (Å²) < 4.78 is 5.26. The molecule has 0 spiro atoms. The second kappa shape index (κ2) is 7.12. The van der Waals surface area contributed by atoms with Gasteiger partial charge in [0, 0.05) is 0 Å². The number of methoxy groups -OCH3 is 1. The molecule has 22 heavy (non-hydrogen) atoms. The van der Waals surface area contributed by atoms with Crippen molar-refractivity contribution in [3.8, 4) is 5.75 Å². The van der Waals surface area contributed by atoms with Crippen LogP contribution < -0.4 is 21.1 Å². The third-order valence-corrected chi connectivity index (χ3v) is 3.05. The van der Waals surface area contributed by atoms with Gasteiger partial charge in [0.05, 0.1) is 12.8 Å². The van der Waals surface area contributed by atoms with Crippen molar-refractivity contribution < 1.29 is 14.3 Å². The number of para-hydroxylation sites is 2. The number of carbonyl (C=O) groups is 2. The van der Waals surface area contributed by atoms with Crippen LogP contribution in [0.1, 0.15) is 11.6 Å². The molecule has 0 heterocycles. The van der Waals surface area contributed by atoms with Gasteiger partial charge in [-0.1, -0.05) is 42.5 Å². The van der Waals surface area contributed by atoms with Gasteiger partial charge in [-0.3, -0.25) is 10.1 Å². The number of urea groups is 1. The highest BCUT2D eigenvalue weighted by molar-refractivity contribution is 5.98. The molecule has 2 aromatic carbocycles. The van der Waals surface area contributed by atoms with Gasteiger partial charge >= 0.3 is 6.03 Å². The van der Waals surface area contributed by atoms with Crippen LogP contribution >= 0.6 is 0 Å². The number of ether oxygens (including phenoxy) is 1. The first-order valence-electron chi connectivity index (χ1n) is 6.66. The summed E-state index contributed by atoms with van der Waals surface area (Å²) in [4.78, 5) is 23.2. The van der Waals surface area contributed by atoms with Gasteiger partial charge in [-0.05, 0) is 17.7 Å². The molecule has 6 heteroatoms. The summed E-state index contributed by atoms with van der Waals surface area (Å²) in [5.74, 6) is 0.0555. The summed E-state index contributed by atoms with van der Waals surface area (Å²) in [6.07, 6.45) is 0. The second-order valence-corrected chi connectivity index (χ2v) is 4.54. The summed E-state index contributed by atoms with van der Waals surface area (Å²) in [6, 6.07) is 14.6. The highest BCUT2D eigenvalue weighted by Crippen LogP contribution is 2.28. The number of amides is 3. The van der Waals surface area contributed by atoms with E-state index in [-0.39, 0.29) is 0 Å². The van der Waals surface area contributed by atoms with Crippen LogP contribution in [0.15, 0.2) is 54.6 Å². The molecule has 6 nitrogen and oxygen atoms in total. The highest BCUT2D eigenvalue weighted by atomic mass is 16.5. The third-order valence-electron chi connectivity index (χ3n) is 3.05. The summed E-state index contributed by atoms with van der Waals surface area (Å²) in [7, 11) is 1.54. The molecule has 114 valence electrons. The lowest BCUT2D eigenvalue weighted by atomic mass is 10.1. The van der Waals surface area contributed by atoms with E-state index in [0.29, 0.717) is 17.0 Å². The second-order valence-electron chi connectivity index (χ2n) is 4.54. The third kappa shape index (κ3) is 3.76. The van der Waals surface area contributed by atoms with Crippen molar-refractivity contribution in [2.45, 2.75) is 6.04 Å². The van der Waals surface area contributed by atoms with Crippen molar-refractivity contribution >= 4 is 17.6 Å². The van der Waals surface area contributed by atoms with Crippen LogP contribution in [0, 0.1) is 0 Å². The number of anilines is 1. The molecule has 0 radical (unpaired) electrons. The fraction of sp³-hybridized carbons (Fsp3) is 0.125. The number of primary amides is 1. The molecule has 3 amide bonds. The molecule has 0 unspecified atom stereocenters. The summed E-state index contributed by atoms with van der Waals surface area (Å²) >= 11 is 0. The average molecular weight is 299 g/mol. The first-order valence-corrected chi connectivity index (χ1v) is 6.66. The number of nitrogens with one attached hydrogen (secondary N) is 2. The van der Waals surface area contributed by atoms with Crippen LogP contribution in [0.2, 0.25) is 0 Å². The van der Waals surface area contributed by atoms with Gasteiger partial charge in [-0.2, -0.15) is 0 Å². The zero-order valence-electron chi connectivity index (χ0n) is 12.1. The number of imide groups is 1. The lowest BCUT2D eigenvalue weighted by Gasteiger charge is -2.20. The molecule has 4 N–H and O–H groups in total. The van der Waals surface area contributed by atoms with Crippen molar-refractivity contribution in [1.29, 1.82) is 0 Å². The van der Waals surface area contributed by atoms with Gasteiger partial charge in [0.1, 0.15) is 11.8 Å². The van der Waals surface area contributed by atoms with Crippen molar-refractivity contribution in [1.82, 2.24) is 5.32 Å². The van der Waals surface area contributed by atoms with Crippen molar-refractivity contribution in [3.05, 3.63) is 60.2 Å². The van der Waals surface area contributed by atoms with Crippen LogP contribution in [0.5, 0.6) is 5.75 Å². The number of benzene rings is 2. The average Bonchev–Trinajstić information content (AvgIpc) is 2.53. The lowest BCUT2D eigenvalue weighted by molar-refractivity contribution is -0.120. The Bertz CT molecular complexity index is 659. The molecule has 0 aliphatic carbocycles. The van der Waals surface area contributed by atoms with Gasteiger partial charge in [0.25, 0.3) is 5.91 Å². The predicted octanol–water partition coefficient (Wildman–Crippen LogP) is 2.04. The number of carbonyl (C=O) groups excluding carboxylic acids is 2. The molecule has 0 saturated carbocycles. The zero-order chi connectivity index (χ0) is 15.9. The number of rotatable bonds is 5. The highest BCUT2D eigenvalue weighted by Gasteiger charge is 2.22. The maximum Gasteiger partial charge on any atom is 0.318 e. The topological polar surface area (TPSA) is 93.4 Å². The quantitative estimate of drug-likeness (QED) is 0.787. The molecule has 0 saturated heterocycles. The Balaban J connectivity index is 2.32. The first-order chi connectivity index (χ1) is 10.6. The number of hydrogen-bond donors (Lipinski definition) is 3. The van der Waals surface area contributed by atoms with E-state index < -0.39 is 18.0 Å². The summed E-state index contributed by atoms with van der Waals surface area (Å²) in [5, 5.41) is 5.17. The SMILES string of the molecule is COc1ccccc1N[C@H](C(=O)NC(N)=O)c1ccccc1.